The molecule has 1 aromatic heterocycles. The van der Waals surface area contributed by atoms with E-state index in [-0.39, 0.29) is 16.6 Å². The van der Waals surface area contributed by atoms with E-state index in [1.807, 2.05) is 35.9 Å². The summed E-state index contributed by atoms with van der Waals surface area (Å²) in [5.74, 6) is -0.913. The first-order valence-corrected chi connectivity index (χ1v) is 6.74. The molecule has 0 atom stereocenters. The maximum Gasteiger partial charge on any atom is 0.257 e. The van der Waals surface area contributed by atoms with Crippen LogP contribution in [0.3, 0.4) is 0 Å². The van der Waals surface area contributed by atoms with Gasteiger partial charge in [-0.05, 0) is 24.3 Å². The van der Waals surface area contributed by atoms with Crippen molar-refractivity contribution >= 4 is 34.1 Å². The molecule has 0 saturated carbocycles. The average molecular weight is 303 g/mol. The third kappa shape index (κ3) is 2.50. The zero-order valence-electron chi connectivity index (χ0n) is 11.2. The van der Waals surface area contributed by atoms with Crippen molar-refractivity contribution in [3.8, 4) is 0 Å². The number of hydrogen-bond acceptors (Lipinski definition) is 1. The van der Waals surface area contributed by atoms with E-state index < -0.39 is 5.82 Å². The minimum atomic E-state index is -0.559. The number of fused-ring (bicyclic) bond motifs is 1. The van der Waals surface area contributed by atoms with Crippen molar-refractivity contribution in [3.63, 3.8) is 0 Å². The van der Waals surface area contributed by atoms with Crippen molar-refractivity contribution in [2.24, 2.45) is 7.05 Å². The monoisotopic (exact) mass is 302 g/mol. The van der Waals surface area contributed by atoms with Crippen LogP contribution in [0.2, 0.25) is 5.02 Å². The summed E-state index contributed by atoms with van der Waals surface area (Å²) in [5, 5.41) is 3.69. The van der Waals surface area contributed by atoms with Crippen molar-refractivity contribution in [3.05, 3.63) is 65.1 Å². The van der Waals surface area contributed by atoms with Crippen LogP contribution in [0.1, 0.15) is 10.4 Å². The van der Waals surface area contributed by atoms with Gasteiger partial charge >= 0.3 is 0 Å². The number of halogens is 2. The molecular formula is C16H12ClFN2O. The van der Waals surface area contributed by atoms with Gasteiger partial charge in [-0.1, -0.05) is 29.8 Å². The molecule has 1 amide bonds. The van der Waals surface area contributed by atoms with E-state index >= 15 is 0 Å². The first kappa shape index (κ1) is 13.6. The zero-order valence-corrected chi connectivity index (χ0v) is 12.0. The van der Waals surface area contributed by atoms with Crippen molar-refractivity contribution in [2.75, 3.05) is 5.32 Å². The van der Waals surface area contributed by atoms with Crippen molar-refractivity contribution in [1.29, 1.82) is 0 Å². The smallest absolute Gasteiger partial charge is 0.257 e. The maximum atomic E-state index is 13.7. The second-order valence-electron chi connectivity index (χ2n) is 4.75. The quantitative estimate of drug-likeness (QED) is 0.755. The van der Waals surface area contributed by atoms with E-state index in [0.717, 1.165) is 10.9 Å². The Morgan fingerprint density at radius 1 is 1.24 bits per heavy atom. The summed E-state index contributed by atoms with van der Waals surface area (Å²) in [7, 11) is 1.86. The molecule has 0 saturated heterocycles. The number of anilines is 1. The van der Waals surface area contributed by atoms with E-state index in [1.54, 1.807) is 6.20 Å². The Morgan fingerprint density at radius 2 is 2.00 bits per heavy atom. The molecule has 0 radical (unpaired) electrons. The molecule has 0 spiro atoms. The molecule has 21 heavy (non-hydrogen) atoms. The molecule has 0 unspecified atom stereocenters. The number of carbonyl (C=O) groups is 1. The first-order valence-electron chi connectivity index (χ1n) is 6.37. The lowest BCUT2D eigenvalue weighted by molar-refractivity contribution is 0.102. The molecule has 0 aliphatic carbocycles. The van der Waals surface area contributed by atoms with Crippen LogP contribution in [0.4, 0.5) is 10.1 Å². The van der Waals surface area contributed by atoms with Crippen LogP contribution in [0.15, 0.2) is 48.7 Å². The van der Waals surface area contributed by atoms with Gasteiger partial charge in [0.25, 0.3) is 5.91 Å². The molecule has 3 rings (SSSR count). The zero-order chi connectivity index (χ0) is 15.0. The summed E-state index contributed by atoms with van der Waals surface area (Å²) in [6, 6.07) is 11.7. The Hall–Kier alpha value is -2.33. The van der Waals surface area contributed by atoms with Crippen LogP contribution in [0, 0.1) is 5.82 Å². The molecule has 5 heteroatoms. The van der Waals surface area contributed by atoms with E-state index in [4.69, 9.17) is 11.6 Å². The lowest BCUT2D eigenvalue weighted by Crippen LogP contribution is -2.12. The van der Waals surface area contributed by atoms with Gasteiger partial charge in [0.05, 0.1) is 11.3 Å². The number of para-hydroxylation sites is 1. The van der Waals surface area contributed by atoms with Crippen LogP contribution < -0.4 is 5.32 Å². The van der Waals surface area contributed by atoms with Gasteiger partial charge in [0, 0.05) is 29.2 Å². The van der Waals surface area contributed by atoms with Crippen LogP contribution in [0.5, 0.6) is 0 Å². The van der Waals surface area contributed by atoms with Gasteiger partial charge in [-0.3, -0.25) is 4.79 Å². The number of nitrogens with one attached hydrogen (secondary N) is 1. The topological polar surface area (TPSA) is 34.0 Å². The predicted molar refractivity (Wildman–Crippen MR) is 82.3 cm³/mol. The van der Waals surface area contributed by atoms with Gasteiger partial charge in [0.2, 0.25) is 0 Å². The number of hydrogen-bond donors (Lipinski definition) is 1. The fourth-order valence-corrected chi connectivity index (χ4v) is 2.46. The molecule has 1 heterocycles. The Bertz CT molecular complexity index is 841. The van der Waals surface area contributed by atoms with E-state index in [9.17, 15) is 9.18 Å². The van der Waals surface area contributed by atoms with E-state index in [0.29, 0.717) is 5.56 Å². The number of aryl methyl sites for hydroxylation is 1. The average Bonchev–Trinajstić information content (AvgIpc) is 2.80. The van der Waals surface area contributed by atoms with Crippen LogP contribution in [-0.4, -0.2) is 10.5 Å². The SMILES string of the molecule is Cn1cc(C(=O)Nc2ccc(Cl)cc2F)c2ccccc21. The lowest BCUT2D eigenvalue weighted by Gasteiger charge is -2.06. The Morgan fingerprint density at radius 3 is 2.76 bits per heavy atom. The van der Waals surface area contributed by atoms with Crippen LogP contribution in [-0.2, 0) is 7.05 Å². The number of aromatic nitrogens is 1. The molecular weight excluding hydrogens is 291 g/mol. The minimum Gasteiger partial charge on any atom is -0.350 e. The normalized spacial score (nSPS) is 10.8. The standard InChI is InChI=1S/C16H12ClFN2O/c1-20-9-12(11-4-2-3-5-15(11)20)16(21)19-14-7-6-10(17)8-13(14)18/h2-9H,1H3,(H,19,21). The fraction of sp³-hybridized carbons (Fsp3) is 0.0625. The summed E-state index contributed by atoms with van der Waals surface area (Å²) < 4.78 is 15.6. The summed E-state index contributed by atoms with van der Waals surface area (Å²) in [6.45, 7) is 0. The highest BCUT2D eigenvalue weighted by atomic mass is 35.5. The van der Waals surface area contributed by atoms with Crippen molar-refractivity contribution in [1.82, 2.24) is 4.57 Å². The summed E-state index contributed by atoms with van der Waals surface area (Å²) >= 11 is 5.70. The number of amides is 1. The second-order valence-corrected chi connectivity index (χ2v) is 5.19. The van der Waals surface area contributed by atoms with Crippen molar-refractivity contribution in [2.45, 2.75) is 0 Å². The number of benzene rings is 2. The fourth-order valence-electron chi connectivity index (χ4n) is 2.30. The molecule has 0 aliphatic heterocycles. The van der Waals surface area contributed by atoms with Crippen LogP contribution >= 0.6 is 11.6 Å². The van der Waals surface area contributed by atoms with E-state index in [1.165, 1.54) is 18.2 Å². The third-order valence-electron chi connectivity index (χ3n) is 3.32. The molecule has 0 aliphatic rings. The Kier molecular flexibility index (Phi) is 3.39. The highest BCUT2D eigenvalue weighted by Gasteiger charge is 2.15. The highest BCUT2D eigenvalue weighted by molar-refractivity contribution is 6.30. The molecule has 0 fully saturated rings. The molecule has 3 nitrogen and oxygen atoms in total. The first-order chi connectivity index (χ1) is 10.1. The summed E-state index contributed by atoms with van der Waals surface area (Å²) in [6.07, 6.45) is 1.73. The molecule has 1 N–H and O–H groups in total. The number of rotatable bonds is 2. The maximum absolute atomic E-state index is 13.7. The minimum absolute atomic E-state index is 0.109. The Labute approximate surface area is 125 Å². The lowest BCUT2D eigenvalue weighted by atomic mass is 10.1. The summed E-state index contributed by atoms with van der Waals surface area (Å²) in [4.78, 5) is 12.4. The molecule has 3 aromatic rings. The van der Waals surface area contributed by atoms with Gasteiger partial charge in [-0.2, -0.15) is 0 Å². The van der Waals surface area contributed by atoms with Gasteiger partial charge < -0.3 is 9.88 Å². The largest absolute Gasteiger partial charge is 0.350 e. The van der Waals surface area contributed by atoms with E-state index in [2.05, 4.69) is 5.32 Å². The second kappa shape index (κ2) is 5.22. The van der Waals surface area contributed by atoms with Crippen molar-refractivity contribution < 1.29 is 9.18 Å². The molecule has 106 valence electrons. The highest BCUT2D eigenvalue weighted by Crippen LogP contribution is 2.23. The number of nitrogens with zero attached hydrogens (tertiary/aromatic N) is 1. The molecule has 2 aromatic carbocycles. The van der Waals surface area contributed by atoms with Crippen LogP contribution in [0.25, 0.3) is 10.9 Å². The summed E-state index contributed by atoms with van der Waals surface area (Å²) in [5.41, 5.74) is 1.55. The van der Waals surface area contributed by atoms with Gasteiger partial charge in [-0.25, -0.2) is 4.39 Å². The number of carbonyl (C=O) groups excluding carboxylic acids is 1. The van der Waals surface area contributed by atoms with Gasteiger partial charge in [0.1, 0.15) is 5.82 Å². The van der Waals surface area contributed by atoms with Gasteiger partial charge in [0.15, 0.2) is 0 Å². The van der Waals surface area contributed by atoms with Gasteiger partial charge in [-0.15, -0.1) is 0 Å². The third-order valence-corrected chi connectivity index (χ3v) is 3.56. The Balaban J connectivity index is 1.98. The molecule has 0 bridgehead atoms. The predicted octanol–water partition coefficient (Wildman–Crippen LogP) is 4.22.